The second-order valence-corrected chi connectivity index (χ2v) is 6.26. The zero-order valence-electron chi connectivity index (χ0n) is 11.5. The van der Waals surface area contributed by atoms with Crippen LogP contribution in [0.1, 0.15) is 64.2 Å². The van der Waals surface area contributed by atoms with Crippen molar-refractivity contribution in [2.24, 2.45) is 5.92 Å². The molecule has 3 N–H and O–H groups in total. The van der Waals surface area contributed by atoms with E-state index in [0.717, 1.165) is 31.6 Å². The van der Waals surface area contributed by atoms with E-state index in [1.807, 2.05) is 0 Å². The Labute approximate surface area is 111 Å². The van der Waals surface area contributed by atoms with Crippen molar-refractivity contribution in [2.75, 3.05) is 6.54 Å². The number of hydrogen-bond donors (Lipinski definition) is 3. The van der Waals surface area contributed by atoms with Crippen LogP contribution in [0.15, 0.2) is 0 Å². The standard InChI is InChI=1S/C15H29NO2/c17-13(10-12-6-4-5-7-12)11-16-14-8-2-1-3-9-15(14)18/h12-18H,1-11H2. The molecule has 2 aliphatic rings. The van der Waals surface area contributed by atoms with E-state index in [9.17, 15) is 10.2 Å². The van der Waals surface area contributed by atoms with Crippen LogP contribution in [-0.4, -0.2) is 35.0 Å². The van der Waals surface area contributed by atoms with Crippen molar-refractivity contribution in [1.29, 1.82) is 0 Å². The van der Waals surface area contributed by atoms with Gasteiger partial charge in [-0.3, -0.25) is 0 Å². The third-order valence-corrected chi connectivity index (χ3v) is 4.68. The molecule has 0 aliphatic heterocycles. The lowest BCUT2D eigenvalue weighted by atomic mass is 9.99. The fourth-order valence-corrected chi connectivity index (χ4v) is 3.53. The van der Waals surface area contributed by atoms with Crippen LogP contribution in [-0.2, 0) is 0 Å². The van der Waals surface area contributed by atoms with Crippen molar-refractivity contribution in [3.05, 3.63) is 0 Å². The van der Waals surface area contributed by atoms with Crippen molar-refractivity contribution in [2.45, 2.75) is 82.5 Å². The second kappa shape index (κ2) is 7.46. The minimum absolute atomic E-state index is 0.200. The lowest BCUT2D eigenvalue weighted by Gasteiger charge is -2.24. The number of nitrogens with one attached hydrogen (secondary N) is 1. The first-order valence-electron chi connectivity index (χ1n) is 7.85. The molecule has 0 radical (unpaired) electrons. The molecule has 2 fully saturated rings. The molecular weight excluding hydrogens is 226 g/mol. The van der Waals surface area contributed by atoms with Gasteiger partial charge < -0.3 is 15.5 Å². The predicted octanol–water partition coefficient (Wildman–Crippen LogP) is 2.21. The first-order chi connectivity index (χ1) is 8.75. The van der Waals surface area contributed by atoms with Gasteiger partial charge in [0.2, 0.25) is 0 Å². The molecule has 3 nitrogen and oxygen atoms in total. The minimum atomic E-state index is -0.233. The summed E-state index contributed by atoms with van der Waals surface area (Å²) in [6.07, 6.45) is 11.3. The van der Waals surface area contributed by atoms with Gasteiger partial charge in [-0.15, -0.1) is 0 Å². The van der Waals surface area contributed by atoms with Crippen LogP contribution in [0.25, 0.3) is 0 Å². The molecule has 0 aromatic rings. The topological polar surface area (TPSA) is 52.5 Å². The largest absolute Gasteiger partial charge is 0.392 e. The summed E-state index contributed by atoms with van der Waals surface area (Å²) in [4.78, 5) is 0. The van der Waals surface area contributed by atoms with Crippen LogP contribution in [0.2, 0.25) is 0 Å². The highest BCUT2D eigenvalue weighted by Crippen LogP contribution is 2.28. The zero-order chi connectivity index (χ0) is 12.8. The SMILES string of the molecule is OC(CNC1CCCCCC1O)CC1CCCC1. The fourth-order valence-electron chi connectivity index (χ4n) is 3.53. The lowest BCUT2D eigenvalue weighted by Crippen LogP contribution is -2.43. The van der Waals surface area contributed by atoms with E-state index in [1.54, 1.807) is 0 Å². The molecule has 3 atom stereocenters. The second-order valence-electron chi connectivity index (χ2n) is 6.26. The zero-order valence-corrected chi connectivity index (χ0v) is 11.5. The molecule has 0 heterocycles. The number of rotatable bonds is 5. The maximum absolute atomic E-state index is 10.1. The summed E-state index contributed by atoms with van der Waals surface area (Å²) in [7, 11) is 0. The summed E-state index contributed by atoms with van der Waals surface area (Å²) in [6.45, 7) is 0.651. The van der Waals surface area contributed by atoms with Gasteiger partial charge in [-0.2, -0.15) is 0 Å². The van der Waals surface area contributed by atoms with Gasteiger partial charge in [-0.1, -0.05) is 44.9 Å². The van der Waals surface area contributed by atoms with Gasteiger partial charge in [0.15, 0.2) is 0 Å². The number of aliphatic hydroxyl groups is 2. The molecule has 0 spiro atoms. The fraction of sp³-hybridized carbons (Fsp3) is 1.00. The maximum Gasteiger partial charge on any atom is 0.0693 e. The van der Waals surface area contributed by atoms with Crippen molar-refractivity contribution in [3.8, 4) is 0 Å². The average Bonchev–Trinajstić information content (AvgIpc) is 2.76. The van der Waals surface area contributed by atoms with Gasteiger partial charge in [0.25, 0.3) is 0 Å². The van der Waals surface area contributed by atoms with Gasteiger partial charge in [0.05, 0.1) is 12.2 Å². The van der Waals surface area contributed by atoms with E-state index < -0.39 is 0 Å². The Morgan fingerprint density at radius 3 is 2.39 bits per heavy atom. The smallest absolute Gasteiger partial charge is 0.0693 e. The Bertz CT molecular complexity index is 229. The third kappa shape index (κ3) is 4.52. The van der Waals surface area contributed by atoms with Crippen LogP contribution < -0.4 is 5.32 Å². The van der Waals surface area contributed by atoms with E-state index in [-0.39, 0.29) is 18.2 Å². The lowest BCUT2D eigenvalue weighted by molar-refractivity contribution is 0.0963. The summed E-state index contributed by atoms with van der Waals surface area (Å²) in [5.41, 5.74) is 0. The first-order valence-corrected chi connectivity index (χ1v) is 7.85. The van der Waals surface area contributed by atoms with Gasteiger partial charge in [0.1, 0.15) is 0 Å². The summed E-state index contributed by atoms with van der Waals surface area (Å²) in [6, 6.07) is 0.200. The molecule has 0 amide bonds. The van der Waals surface area contributed by atoms with E-state index in [1.165, 1.54) is 38.5 Å². The Morgan fingerprint density at radius 2 is 1.61 bits per heavy atom. The Balaban J connectivity index is 1.65. The molecular formula is C15H29NO2. The molecule has 3 unspecified atom stereocenters. The quantitative estimate of drug-likeness (QED) is 0.660. The molecule has 2 rings (SSSR count). The molecule has 0 aromatic carbocycles. The monoisotopic (exact) mass is 255 g/mol. The molecule has 3 heteroatoms. The van der Waals surface area contributed by atoms with Crippen molar-refractivity contribution >= 4 is 0 Å². The molecule has 0 bridgehead atoms. The molecule has 0 saturated heterocycles. The highest BCUT2D eigenvalue weighted by Gasteiger charge is 2.23. The van der Waals surface area contributed by atoms with Gasteiger partial charge in [0, 0.05) is 12.6 Å². The van der Waals surface area contributed by atoms with Crippen molar-refractivity contribution in [1.82, 2.24) is 5.32 Å². The van der Waals surface area contributed by atoms with E-state index in [0.29, 0.717) is 6.54 Å². The first kappa shape index (κ1) is 14.3. The van der Waals surface area contributed by atoms with Crippen LogP contribution in [0, 0.1) is 5.92 Å². The average molecular weight is 255 g/mol. The molecule has 106 valence electrons. The number of aliphatic hydroxyl groups excluding tert-OH is 2. The molecule has 2 aliphatic carbocycles. The highest BCUT2D eigenvalue weighted by molar-refractivity contribution is 4.80. The molecule has 0 aromatic heterocycles. The predicted molar refractivity (Wildman–Crippen MR) is 73.5 cm³/mol. The van der Waals surface area contributed by atoms with Crippen LogP contribution in [0.4, 0.5) is 0 Å². The van der Waals surface area contributed by atoms with Crippen LogP contribution in [0.3, 0.4) is 0 Å². The van der Waals surface area contributed by atoms with Crippen LogP contribution >= 0.6 is 0 Å². The van der Waals surface area contributed by atoms with Crippen molar-refractivity contribution < 1.29 is 10.2 Å². The highest BCUT2D eigenvalue weighted by atomic mass is 16.3. The van der Waals surface area contributed by atoms with Gasteiger partial charge >= 0.3 is 0 Å². The third-order valence-electron chi connectivity index (χ3n) is 4.68. The Morgan fingerprint density at radius 1 is 0.944 bits per heavy atom. The Kier molecular flexibility index (Phi) is 5.93. The van der Waals surface area contributed by atoms with Crippen molar-refractivity contribution in [3.63, 3.8) is 0 Å². The molecule has 2 saturated carbocycles. The minimum Gasteiger partial charge on any atom is -0.392 e. The van der Waals surface area contributed by atoms with Gasteiger partial charge in [-0.25, -0.2) is 0 Å². The van der Waals surface area contributed by atoms with E-state index in [4.69, 9.17) is 0 Å². The molecule has 18 heavy (non-hydrogen) atoms. The summed E-state index contributed by atoms with van der Waals surface area (Å²) < 4.78 is 0. The van der Waals surface area contributed by atoms with E-state index >= 15 is 0 Å². The van der Waals surface area contributed by atoms with E-state index in [2.05, 4.69) is 5.32 Å². The normalized spacial score (nSPS) is 32.3. The van der Waals surface area contributed by atoms with Crippen LogP contribution in [0.5, 0.6) is 0 Å². The number of hydrogen-bond acceptors (Lipinski definition) is 3. The summed E-state index contributed by atoms with van der Waals surface area (Å²) >= 11 is 0. The van der Waals surface area contributed by atoms with Gasteiger partial charge in [-0.05, 0) is 25.2 Å². The summed E-state index contributed by atoms with van der Waals surface area (Å²) in [5.74, 6) is 0.737. The Hall–Kier alpha value is -0.120. The summed E-state index contributed by atoms with van der Waals surface area (Å²) in [5, 5.41) is 23.4. The maximum atomic E-state index is 10.1.